The zero-order valence-electron chi connectivity index (χ0n) is 42.9. The Kier molecular flexibility index (Phi) is 10.6. The molecule has 0 unspecified atom stereocenters. The number of imidazole rings is 2. The van der Waals surface area contributed by atoms with Gasteiger partial charge in [-0.3, -0.25) is 17.9 Å². The van der Waals surface area contributed by atoms with Gasteiger partial charge in [-0.05, 0) is 46.3 Å². The van der Waals surface area contributed by atoms with E-state index >= 15 is 0 Å². The van der Waals surface area contributed by atoms with Crippen molar-refractivity contribution in [1.82, 2.24) is 37.9 Å². The largest absolute Gasteiger partial charge is 4.00 e. The fraction of sp³-hybridized carbons (Fsp3) is 0. The molecule has 0 fully saturated rings. The second-order valence-corrected chi connectivity index (χ2v) is 20.0. The standard InChI is InChI=1S/C70H40N10.Pt/c1-2-22-46-45(21-1)53-41-55(73-69(71-53)79-59-31-11-3-23-47(59)48-24-4-12-32-60(48)79)51-27-7-9-29-57(51)75-43-77(65-37-17-15-35-63(65)75)67-39-19-20-40-68(67)78-44-76(64-36-16-18-38-66(64)78)58-30-10-8-28-52(58)56-42-54(46)72-70(74-56)80-61-33-13-5-25-49(61)50-26-6-14-34-62(50)80;/h1-40H;/q-2;+4. The Labute approximate surface area is 475 Å². The summed E-state index contributed by atoms with van der Waals surface area (Å²) < 4.78 is 12.9. The average Bonchev–Trinajstić information content (AvgIpc) is 4.37. The smallest absolute Gasteiger partial charge is 0.302 e. The third-order valence-corrected chi connectivity index (χ3v) is 15.6. The van der Waals surface area contributed by atoms with Crippen LogP contribution in [0, 0.1) is 24.8 Å². The molecule has 0 aliphatic heterocycles. The first-order chi connectivity index (χ1) is 39.7. The second kappa shape index (κ2) is 18.3. The van der Waals surface area contributed by atoms with Crippen LogP contribution in [0.3, 0.4) is 0 Å². The zero-order chi connectivity index (χ0) is 52.4. The van der Waals surface area contributed by atoms with Crippen LogP contribution in [0.25, 0.3) is 143 Å². The van der Waals surface area contributed by atoms with E-state index in [9.17, 15) is 0 Å². The van der Waals surface area contributed by atoms with Crippen molar-refractivity contribution in [1.29, 1.82) is 0 Å². The Bertz CT molecular complexity index is 5260. The number of hydrogen-bond donors (Lipinski definition) is 0. The van der Waals surface area contributed by atoms with Crippen molar-refractivity contribution < 1.29 is 29.9 Å². The molecule has 17 aromatic rings. The molecule has 17 rings (SSSR count). The summed E-state index contributed by atoms with van der Waals surface area (Å²) in [5.74, 6) is 1.00. The van der Waals surface area contributed by atoms with Gasteiger partial charge >= 0.3 is 21.1 Å². The number of hydrogen-bond acceptors (Lipinski definition) is 4. The van der Waals surface area contributed by atoms with Gasteiger partial charge in [0.05, 0.1) is 55.2 Å². The quantitative estimate of drug-likeness (QED) is 0.128. The maximum Gasteiger partial charge on any atom is 4.00 e. The van der Waals surface area contributed by atoms with E-state index in [0.717, 1.165) is 109 Å². The molecule has 10 aromatic carbocycles. The minimum Gasteiger partial charge on any atom is -0.302 e. The van der Waals surface area contributed by atoms with Crippen molar-refractivity contribution in [3.05, 3.63) is 267 Å². The van der Waals surface area contributed by atoms with E-state index in [2.05, 4.69) is 282 Å². The fourth-order valence-electron chi connectivity index (χ4n) is 12.1. The Hall–Kier alpha value is -10.4. The number of benzene rings is 10. The molecule has 81 heavy (non-hydrogen) atoms. The van der Waals surface area contributed by atoms with Gasteiger partial charge in [-0.2, -0.15) is 0 Å². The van der Waals surface area contributed by atoms with Gasteiger partial charge in [0, 0.05) is 32.6 Å². The van der Waals surface area contributed by atoms with Gasteiger partial charge in [0.25, 0.3) is 12.7 Å². The summed E-state index contributed by atoms with van der Waals surface area (Å²) in [6, 6.07) is 91.9. The number of nitrogens with zero attached hydrogens (tertiary/aromatic N) is 10. The number of aromatic nitrogens is 10. The third-order valence-electron chi connectivity index (χ3n) is 15.6. The predicted octanol–water partition coefficient (Wildman–Crippen LogP) is 14.4. The molecule has 0 saturated carbocycles. The van der Waals surface area contributed by atoms with Gasteiger partial charge in [0.15, 0.2) is 0 Å². The summed E-state index contributed by atoms with van der Waals surface area (Å²) in [5, 5.41) is 7.70. The Morgan fingerprint density at radius 2 is 0.494 bits per heavy atom. The van der Waals surface area contributed by atoms with Gasteiger partial charge < -0.3 is 8.80 Å². The molecule has 7 heterocycles. The van der Waals surface area contributed by atoms with E-state index in [0.29, 0.717) is 34.0 Å². The van der Waals surface area contributed by atoms with Gasteiger partial charge in [0.2, 0.25) is 11.9 Å². The van der Waals surface area contributed by atoms with Gasteiger partial charge in [-0.1, -0.05) is 205 Å². The normalized spacial score (nSPS) is 11.9. The van der Waals surface area contributed by atoms with Crippen LogP contribution >= 0.6 is 0 Å². The summed E-state index contributed by atoms with van der Waals surface area (Å²) in [6.45, 7) is 0. The number of fused-ring (bicyclic) bond motifs is 32. The SMILES string of the molecule is [Pt+4].[c-]1c2nc(-n3c4ccccc4c4ccccc43)nc1c1ccccc1[n+]1[c-]n(c3ccccc3n3[c-][n+](c4ccccc4c4[c-]c(nc(-n5c6ccccc6c6ccccc65)n4)c4ccccc24)c2ccccc23)c2ccccc21. The van der Waals surface area contributed by atoms with E-state index in [1.165, 1.54) is 0 Å². The average molecular weight is 1220 g/mol. The van der Waals surface area contributed by atoms with Crippen LogP contribution in [-0.2, 0) is 21.1 Å². The molecule has 0 saturated heterocycles. The van der Waals surface area contributed by atoms with Crippen LogP contribution in [0.4, 0.5) is 0 Å². The first-order valence-electron chi connectivity index (χ1n) is 26.6. The van der Waals surface area contributed by atoms with Crippen molar-refractivity contribution >= 4 is 131 Å². The van der Waals surface area contributed by atoms with Crippen LogP contribution in [0.15, 0.2) is 243 Å². The number of para-hydroxylation sites is 12. The van der Waals surface area contributed by atoms with Crippen LogP contribution in [0.1, 0.15) is 0 Å². The molecule has 10 nitrogen and oxygen atoms in total. The summed E-state index contributed by atoms with van der Waals surface area (Å²) in [7, 11) is 0. The Balaban J connectivity index is 0.00000542. The monoisotopic (exact) mass is 1220 g/mol. The topological polar surface area (TPSA) is 78.4 Å². The third kappa shape index (κ3) is 7.10. The van der Waals surface area contributed by atoms with E-state index in [-0.39, 0.29) is 21.1 Å². The molecule has 0 spiro atoms. The van der Waals surface area contributed by atoms with Crippen LogP contribution in [0.2, 0.25) is 0 Å². The Morgan fingerprint density at radius 3 is 0.840 bits per heavy atom. The molecule has 0 radical (unpaired) electrons. The molecule has 11 heteroatoms. The maximum atomic E-state index is 5.58. The first-order valence-corrected chi connectivity index (χ1v) is 26.6. The second-order valence-electron chi connectivity index (χ2n) is 20.0. The van der Waals surface area contributed by atoms with Crippen LogP contribution < -0.4 is 8.80 Å². The van der Waals surface area contributed by atoms with Crippen LogP contribution in [0.5, 0.6) is 0 Å². The van der Waals surface area contributed by atoms with Crippen molar-refractivity contribution in [2.75, 3.05) is 0 Å². The molecule has 0 N–H and O–H groups in total. The van der Waals surface area contributed by atoms with Gasteiger partial charge in [0.1, 0.15) is 0 Å². The van der Waals surface area contributed by atoms with Crippen molar-refractivity contribution in [2.24, 2.45) is 0 Å². The van der Waals surface area contributed by atoms with Crippen molar-refractivity contribution in [3.63, 3.8) is 0 Å². The summed E-state index contributed by atoms with van der Waals surface area (Å²) in [4.78, 5) is 22.3. The molecule has 378 valence electrons. The fourth-order valence-corrected chi connectivity index (χ4v) is 12.1. The molecule has 0 atom stereocenters. The summed E-state index contributed by atoms with van der Waals surface area (Å²) in [6.07, 6.45) is 7.72. The molecular weight excluding hydrogens is 1180 g/mol. The molecular formula is C70H40N10Pt+2. The minimum absolute atomic E-state index is 0. The first kappa shape index (κ1) is 46.7. The summed E-state index contributed by atoms with van der Waals surface area (Å²) in [5.41, 5.74) is 13.8. The minimum atomic E-state index is 0. The predicted molar refractivity (Wildman–Crippen MR) is 319 cm³/mol. The van der Waals surface area contributed by atoms with Gasteiger partial charge in [-0.15, -0.1) is 47.2 Å². The van der Waals surface area contributed by atoms with Crippen LogP contribution in [-0.4, -0.2) is 37.9 Å². The molecule has 0 aliphatic rings. The van der Waals surface area contributed by atoms with E-state index in [1.807, 2.05) is 12.1 Å². The van der Waals surface area contributed by atoms with Gasteiger partial charge in [-0.25, -0.2) is 19.9 Å². The van der Waals surface area contributed by atoms with E-state index in [1.54, 1.807) is 0 Å². The Morgan fingerprint density at radius 1 is 0.247 bits per heavy atom. The molecule has 8 bridgehead atoms. The summed E-state index contributed by atoms with van der Waals surface area (Å²) >= 11 is 0. The van der Waals surface area contributed by atoms with Crippen molar-refractivity contribution in [3.8, 4) is 11.9 Å². The van der Waals surface area contributed by atoms with E-state index < -0.39 is 0 Å². The number of rotatable bonds is 2. The van der Waals surface area contributed by atoms with E-state index in [4.69, 9.17) is 19.9 Å². The molecule has 0 amide bonds. The zero-order valence-corrected chi connectivity index (χ0v) is 45.2. The molecule has 7 aromatic heterocycles. The van der Waals surface area contributed by atoms with Crippen molar-refractivity contribution in [2.45, 2.75) is 0 Å². The maximum absolute atomic E-state index is 5.58. The molecule has 0 aliphatic carbocycles.